The largest absolute Gasteiger partial charge is 0.417 e. The van der Waals surface area contributed by atoms with Gasteiger partial charge >= 0.3 is 12.2 Å². The number of pyridine rings is 1. The molecule has 0 bridgehead atoms. The first-order valence-corrected chi connectivity index (χ1v) is 7.49. The lowest BCUT2D eigenvalue weighted by atomic mass is 10.3. The van der Waals surface area contributed by atoms with Crippen molar-refractivity contribution < 1.29 is 31.2 Å². The molecule has 2 N–H and O–H groups in total. The second-order valence-electron chi connectivity index (χ2n) is 4.08. The Bertz CT molecular complexity index is 656. The summed E-state index contributed by atoms with van der Waals surface area (Å²) in [6.07, 6.45) is -4.75. The minimum Gasteiger partial charge on any atom is -0.341 e. The number of aromatic nitrogens is 1. The van der Waals surface area contributed by atoms with Gasteiger partial charge in [0, 0.05) is 19.7 Å². The molecule has 0 aliphatic rings. The number of carbonyl (C=O) groups is 2. The molecule has 1 heterocycles. The average molecular weight is 339 g/mol. The molecule has 0 spiro atoms. The van der Waals surface area contributed by atoms with Crippen molar-refractivity contribution >= 4 is 21.8 Å². The molecular weight excluding hydrogens is 327 g/mol. The maximum absolute atomic E-state index is 12.3. The first-order chi connectivity index (χ1) is 10.1. The quantitative estimate of drug-likeness (QED) is 0.841. The van der Waals surface area contributed by atoms with Crippen molar-refractivity contribution in [2.45, 2.75) is 17.6 Å². The van der Waals surface area contributed by atoms with Crippen molar-refractivity contribution in [3.8, 4) is 0 Å². The highest BCUT2D eigenvalue weighted by Crippen LogP contribution is 2.28. The highest BCUT2D eigenvalue weighted by atomic mass is 32.2. The van der Waals surface area contributed by atoms with Crippen LogP contribution in [0.1, 0.15) is 12.0 Å². The van der Waals surface area contributed by atoms with Gasteiger partial charge in [-0.25, -0.2) is 18.2 Å². The zero-order valence-electron chi connectivity index (χ0n) is 11.3. The molecule has 0 saturated heterocycles. The van der Waals surface area contributed by atoms with E-state index in [1.54, 1.807) is 0 Å². The van der Waals surface area contributed by atoms with Crippen molar-refractivity contribution in [3.63, 3.8) is 0 Å². The van der Waals surface area contributed by atoms with Crippen LogP contribution in [0, 0.1) is 0 Å². The molecule has 1 aromatic heterocycles. The van der Waals surface area contributed by atoms with Crippen molar-refractivity contribution in [3.05, 3.63) is 23.9 Å². The smallest absolute Gasteiger partial charge is 0.341 e. The Labute approximate surface area is 123 Å². The molecule has 0 unspecified atom stereocenters. The fourth-order valence-corrected chi connectivity index (χ4v) is 2.47. The minimum absolute atomic E-state index is 0.400. The number of rotatable bonds is 4. The van der Waals surface area contributed by atoms with Crippen LogP contribution in [0.2, 0.25) is 0 Å². The molecule has 0 atom stereocenters. The number of hydrogen-bond donors (Lipinski definition) is 2. The molecule has 1 aromatic rings. The molecule has 3 amide bonds. The van der Waals surface area contributed by atoms with E-state index in [4.69, 9.17) is 0 Å². The Kier molecular flexibility index (Phi) is 5.47. The van der Waals surface area contributed by atoms with E-state index < -0.39 is 50.7 Å². The maximum atomic E-state index is 12.3. The van der Waals surface area contributed by atoms with E-state index in [1.807, 2.05) is 5.32 Å². The lowest BCUT2D eigenvalue weighted by molar-refractivity contribution is -0.137. The molecular formula is C11H12F3N3O4S. The highest BCUT2D eigenvalue weighted by Gasteiger charge is 2.31. The average Bonchev–Trinajstić information content (AvgIpc) is 2.44. The number of nitrogens with zero attached hydrogens (tertiary/aromatic N) is 1. The fourth-order valence-electron chi connectivity index (χ4n) is 1.32. The van der Waals surface area contributed by atoms with Crippen molar-refractivity contribution in [1.29, 1.82) is 0 Å². The number of nitrogens with one attached hydrogen (secondary N) is 2. The van der Waals surface area contributed by atoms with Crippen LogP contribution in [-0.4, -0.2) is 38.1 Å². The number of alkyl halides is 3. The summed E-state index contributed by atoms with van der Waals surface area (Å²) in [6.45, 7) is 0. The Morgan fingerprint density at radius 1 is 1.27 bits per heavy atom. The number of carbonyl (C=O) groups excluding carboxylic acids is 2. The predicted octanol–water partition coefficient (Wildman–Crippen LogP) is 0.720. The number of halogens is 3. The summed E-state index contributed by atoms with van der Waals surface area (Å²) >= 11 is 0. The second kappa shape index (κ2) is 6.73. The summed E-state index contributed by atoms with van der Waals surface area (Å²) in [5.41, 5.74) is -1.08. The van der Waals surface area contributed by atoms with Gasteiger partial charge in [-0.1, -0.05) is 0 Å². The molecule has 0 aliphatic carbocycles. The van der Waals surface area contributed by atoms with Crippen LogP contribution in [0.25, 0.3) is 0 Å². The van der Waals surface area contributed by atoms with Crippen LogP contribution < -0.4 is 10.6 Å². The van der Waals surface area contributed by atoms with Gasteiger partial charge < -0.3 is 5.32 Å². The summed E-state index contributed by atoms with van der Waals surface area (Å²) in [7, 11) is -2.76. The van der Waals surface area contributed by atoms with Gasteiger partial charge in [0.25, 0.3) is 0 Å². The number of urea groups is 1. The number of imide groups is 1. The Morgan fingerprint density at radius 3 is 2.36 bits per heavy atom. The van der Waals surface area contributed by atoms with Gasteiger partial charge in [0.2, 0.25) is 5.91 Å². The molecule has 7 nitrogen and oxygen atoms in total. The fraction of sp³-hybridized carbons (Fsp3) is 0.364. The number of sulfone groups is 1. The first kappa shape index (κ1) is 17.9. The van der Waals surface area contributed by atoms with Crippen LogP contribution in [0.15, 0.2) is 23.4 Å². The van der Waals surface area contributed by atoms with E-state index in [0.717, 1.165) is 6.07 Å². The molecule has 122 valence electrons. The molecule has 0 saturated carbocycles. The summed E-state index contributed by atoms with van der Waals surface area (Å²) < 4.78 is 60.7. The van der Waals surface area contributed by atoms with E-state index >= 15 is 0 Å². The first-order valence-electron chi connectivity index (χ1n) is 5.84. The van der Waals surface area contributed by atoms with E-state index in [9.17, 15) is 31.2 Å². The third-order valence-corrected chi connectivity index (χ3v) is 4.08. The van der Waals surface area contributed by atoms with Gasteiger partial charge in [0.15, 0.2) is 14.9 Å². The normalized spacial score (nSPS) is 11.8. The van der Waals surface area contributed by atoms with Crippen LogP contribution >= 0.6 is 0 Å². The van der Waals surface area contributed by atoms with Gasteiger partial charge in [0.1, 0.15) is 0 Å². The Morgan fingerprint density at radius 2 is 1.91 bits per heavy atom. The summed E-state index contributed by atoms with van der Waals surface area (Å²) in [5, 5.41) is 3.39. The number of hydrogen-bond acceptors (Lipinski definition) is 5. The van der Waals surface area contributed by atoms with Gasteiger partial charge in [0.05, 0.1) is 11.3 Å². The van der Waals surface area contributed by atoms with Crippen LogP contribution in [-0.2, 0) is 20.8 Å². The van der Waals surface area contributed by atoms with E-state index in [1.165, 1.54) is 7.05 Å². The third-order valence-electron chi connectivity index (χ3n) is 2.46. The van der Waals surface area contributed by atoms with Gasteiger partial charge in [-0.05, 0) is 12.1 Å². The SMILES string of the molecule is CNC(=O)NC(=O)CCS(=O)(=O)c1ccc(C(F)(F)F)cn1. The summed E-state index contributed by atoms with van der Waals surface area (Å²) in [4.78, 5) is 25.4. The predicted molar refractivity (Wildman–Crippen MR) is 68.5 cm³/mol. The molecule has 0 aliphatic heterocycles. The van der Waals surface area contributed by atoms with Crippen LogP contribution in [0.4, 0.5) is 18.0 Å². The molecule has 0 fully saturated rings. The second-order valence-corrected chi connectivity index (χ2v) is 6.14. The molecule has 1 rings (SSSR count). The van der Waals surface area contributed by atoms with Crippen molar-refractivity contribution in [2.75, 3.05) is 12.8 Å². The molecule has 0 radical (unpaired) electrons. The maximum Gasteiger partial charge on any atom is 0.417 e. The van der Waals surface area contributed by atoms with Crippen LogP contribution in [0.3, 0.4) is 0 Å². The standard InChI is InChI=1S/C11H12F3N3O4S/c1-15-10(19)17-8(18)4-5-22(20,21)9-3-2-7(6-16-9)11(12,13)14/h2-3,6H,4-5H2,1H3,(H2,15,17,18,19). The minimum atomic E-state index is -4.62. The number of amides is 3. The molecule has 11 heteroatoms. The lowest BCUT2D eigenvalue weighted by Gasteiger charge is -2.07. The zero-order valence-corrected chi connectivity index (χ0v) is 12.1. The van der Waals surface area contributed by atoms with Crippen molar-refractivity contribution in [2.24, 2.45) is 0 Å². The molecule has 0 aromatic carbocycles. The van der Waals surface area contributed by atoms with E-state index in [2.05, 4.69) is 10.3 Å². The van der Waals surface area contributed by atoms with Gasteiger partial charge in [-0.2, -0.15) is 13.2 Å². The van der Waals surface area contributed by atoms with Gasteiger partial charge in [-0.15, -0.1) is 0 Å². The van der Waals surface area contributed by atoms with Gasteiger partial charge in [-0.3, -0.25) is 10.1 Å². The monoisotopic (exact) mass is 339 g/mol. The van der Waals surface area contributed by atoms with Crippen molar-refractivity contribution in [1.82, 2.24) is 15.6 Å². The zero-order chi connectivity index (χ0) is 17.0. The van der Waals surface area contributed by atoms with E-state index in [-0.39, 0.29) is 0 Å². The third kappa shape index (κ3) is 4.98. The summed E-state index contributed by atoms with van der Waals surface area (Å²) in [5.74, 6) is -1.52. The topological polar surface area (TPSA) is 105 Å². The lowest BCUT2D eigenvalue weighted by Crippen LogP contribution is -2.38. The highest BCUT2D eigenvalue weighted by molar-refractivity contribution is 7.91. The summed E-state index contributed by atoms with van der Waals surface area (Å²) in [6, 6.07) is 0.509. The van der Waals surface area contributed by atoms with E-state index in [0.29, 0.717) is 12.3 Å². The Balaban J connectivity index is 2.75. The Hall–Kier alpha value is -2.17. The molecule has 22 heavy (non-hydrogen) atoms. The van der Waals surface area contributed by atoms with Crippen LogP contribution in [0.5, 0.6) is 0 Å².